The smallest absolute Gasteiger partial charge is 0.167 e. The van der Waals surface area contributed by atoms with Crippen molar-refractivity contribution < 1.29 is 4.74 Å². The Labute approximate surface area is 111 Å². The fraction of sp³-hybridized carbons (Fsp3) is 0.308. The Bertz CT molecular complexity index is 498. The summed E-state index contributed by atoms with van der Waals surface area (Å²) < 4.78 is 7.73. The highest BCUT2D eigenvalue weighted by atomic mass is 32.2. The van der Waals surface area contributed by atoms with Crippen LogP contribution in [-0.2, 0) is 13.6 Å². The van der Waals surface area contributed by atoms with E-state index in [1.54, 1.807) is 18.0 Å². The molecule has 4 nitrogen and oxygen atoms in total. The average Bonchev–Trinajstić information content (AvgIpc) is 2.81. The van der Waals surface area contributed by atoms with E-state index >= 15 is 0 Å². The first-order valence-electron chi connectivity index (χ1n) is 5.82. The minimum absolute atomic E-state index is 0.503. The number of imidazole rings is 1. The average molecular weight is 263 g/mol. The summed E-state index contributed by atoms with van der Waals surface area (Å²) in [7, 11) is 1.99. The molecule has 0 radical (unpaired) electrons. The largest absolute Gasteiger partial charge is 0.492 e. The van der Waals surface area contributed by atoms with Gasteiger partial charge in [-0.3, -0.25) is 0 Å². The van der Waals surface area contributed by atoms with Gasteiger partial charge in [-0.15, -0.1) is 0 Å². The van der Waals surface area contributed by atoms with Crippen molar-refractivity contribution >= 4 is 11.8 Å². The van der Waals surface area contributed by atoms with Crippen LogP contribution in [0.3, 0.4) is 0 Å². The summed E-state index contributed by atoms with van der Waals surface area (Å²) in [6.07, 6.45) is 3.74. The third-order valence-electron chi connectivity index (χ3n) is 2.54. The van der Waals surface area contributed by atoms with Crippen LogP contribution in [0.1, 0.15) is 5.56 Å². The number of ether oxygens (including phenoxy) is 1. The first-order valence-corrected chi connectivity index (χ1v) is 6.80. The van der Waals surface area contributed by atoms with Crippen molar-refractivity contribution in [3.8, 4) is 5.75 Å². The van der Waals surface area contributed by atoms with Crippen LogP contribution in [0.4, 0.5) is 0 Å². The summed E-state index contributed by atoms with van der Waals surface area (Å²) in [5.74, 6) is 1.74. The number of para-hydroxylation sites is 1. The van der Waals surface area contributed by atoms with Gasteiger partial charge in [0.1, 0.15) is 5.75 Å². The van der Waals surface area contributed by atoms with Gasteiger partial charge < -0.3 is 15.0 Å². The summed E-state index contributed by atoms with van der Waals surface area (Å²) in [5.41, 5.74) is 6.69. The van der Waals surface area contributed by atoms with E-state index in [1.165, 1.54) is 0 Å². The van der Waals surface area contributed by atoms with Crippen LogP contribution in [0.25, 0.3) is 0 Å². The Morgan fingerprint density at radius 3 is 2.94 bits per heavy atom. The summed E-state index contributed by atoms with van der Waals surface area (Å²) >= 11 is 1.68. The molecule has 5 heteroatoms. The molecule has 0 spiro atoms. The molecule has 2 N–H and O–H groups in total. The highest BCUT2D eigenvalue weighted by Crippen LogP contribution is 2.18. The fourth-order valence-corrected chi connectivity index (χ4v) is 2.34. The van der Waals surface area contributed by atoms with Crippen molar-refractivity contribution in [2.75, 3.05) is 12.4 Å². The third-order valence-corrected chi connectivity index (χ3v) is 3.56. The van der Waals surface area contributed by atoms with Crippen molar-refractivity contribution in [2.45, 2.75) is 11.7 Å². The molecule has 0 fully saturated rings. The zero-order chi connectivity index (χ0) is 12.8. The van der Waals surface area contributed by atoms with Gasteiger partial charge in [-0.05, 0) is 6.07 Å². The zero-order valence-corrected chi connectivity index (χ0v) is 11.2. The number of rotatable bonds is 6. The molecule has 0 amide bonds. The van der Waals surface area contributed by atoms with Crippen LogP contribution >= 0.6 is 11.8 Å². The van der Waals surface area contributed by atoms with Crippen LogP contribution in [0.5, 0.6) is 5.75 Å². The standard InChI is InChI=1S/C13H17N3OS/c1-16-7-6-15-13(16)18-9-8-17-12-5-3-2-4-11(12)10-14/h2-7H,8-10,14H2,1H3. The number of hydrogen-bond acceptors (Lipinski definition) is 4. The number of benzene rings is 1. The van der Waals surface area contributed by atoms with Gasteiger partial charge >= 0.3 is 0 Å². The van der Waals surface area contributed by atoms with Crippen molar-refractivity contribution in [1.29, 1.82) is 0 Å². The van der Waals surface area contributed by atoms with Crippen LogP contribution in [0, 0.1) is 0 Å². The maximum atomic E-state index is 5.73. The highest BCUT2D eigenvalue weighted by Gasteiger charge is 2.02. The van der Waals surface area contributed by atoms with Gasteiger partial charge in [0.2, 0.25) is 0 Å². The lowest BCUT2D eigenvalue weighted by atomic mass is 10.2. The van der Waals surface area contributed by atoms with Crippen molar-refractivity contribution in [2.24, 2.45) is 12.8 Å². The van der Waals surface area contributed by atoms with Gasteiger partial charge in [0.15, 0.2) is 5.16 Å². The molecule has 0 saturated carbocycles. The van der Waals surface area contributed by atoms with Gasteiger partial charge in [0.25, 0.3) is 0 Å². The van der Waals surface area contributed by atoms with Gasteiger partial charge in [-0.25, -0.2) is 4.98 Å². The number of aromatic nitrogens is 2. The summed E-state index contributed by atoms with van der Waals surface area (Å²) in [5, 5.41) is 1.01. The summed E-state index contributed by atoms with van der Waals surface area (Å²) in [4.78, 5) is 4.24. The monoisotopic (exact) mass is 263 g/mol. The fourth-order valence-electron chi connectivity index (χ4n) is 1.59. The zero-order valence-electron chi connectivity index (χ0n) is 10.4. The predicted molar refractivity (Wildman–Crippen MR) is 73.8 cm³/mol. The van der Waals surface area contributed by atoms with Gasteiger partial charge in [0.05, 0.1) is 6.61 Å². The molecule has 1 heterocycles. The van der Waals surface area contributed by atoms with Crippen molar-refractivity contribution in [3.05, 3.63) is 42.2 Å². The molecule has 2 rings (SSSR count). The molecular formula is C13H17N3OS. The van der Waals surface area contributed by atoms with Crippen LogP contribution in [0.15, 0.2) is 41.8 Å². The Morgan fingerprint density at radius 2 is 2.22 bits per heavy atom. The minimum atomic E-state index is 0.503. The lowest BCUT2D eigenvalue weighted by Crippen LogP contribution is -2.05. The lowest BCUT2D eigenvalue weighted by molar-refractivity contribution is 0.340. The maximum absolute atomic E-state index is 5.73. The second kappa shape index (κ2) is 6.47. The van der Waals surface area contributed by atoms with E-state index in [-0.39, 0.29) is 0 Å². The Morgan fingerprint density at radius 1 is 1.39 bits per heavy atom. The molecule has 18 heavy (non-hydrogen) atoms. The van der Waals surface area contributed by atoms with Gasteiger partial charge in [-0.2, -0.15) is 0 Å². The molecule has 0 bridgehead atoms. The predicted octanol–water partition coefficient (Wildman–Crippen LogP) is 2.05. The van der Waals surface area contributed by atoms with Crippen LogP contribution in [0.2, 0.25) is 0 Å². The first-order chi connectivity index (χ1) is 8.81. The lowest BCUT2D eigenvalue weighted by Gasteiger charge is -2.09. The minimum Gasteiger partial charge on any atom is -0.492 e. The van der Waals surface area contributed by atoms with E-state index in [1.807, 2.05) is 42.1 Å². The number of hydrogen-bond donors (Lipinski definition) is 1. The molecule has 0 saturated heterocycles. The van der Waals surface area contributed by atoms with E-state index < -0.39 is 0 Å². The molecule has 0 aliphatic rings. The Hall–Kier alpha value is -1.46. The second-order valence-corrected chi connectivity index (χ2v) is 4.89. The van der Waals surface area contributed by atoms with Crippen molar-refractivity contribution in [1.82, 2.24) is 9.55 Å². The van der Waals surface area contributed by atoms with E-state index in [4.69, 9.17) is 10.5 Å². The molecular weight excluding hydrogens is 246 g/mol. The summed E-state index contributed by atoms with van der Waals surface area (Å²) in [6.45, 7) is 1.15. The topological polar surface area (TPSA) is 53.1 Å². The van der Waals surface area contributed by atoms with Crippen LogP contribution in [-0.4, -0.2) is 21.9 Å². The maximum Gasteiger partial charge on any atom is 0.167 e. The number of thioether (sulfide) groups is 1. The molecule has 1 aromatic carbocycles. The molecule has 0 unspecified atom stereocenters. The molecule has 2 aromatic rings. The van der Waals surface area contributed by atoms with E-state index in [9.17, 15) is 0 Å². The molecule has 1 aromatic heterocycles. The van der Waals surface area contributed by atoms with Gasteiger partial charge in [0, 0.05) is 37.3 Å². The number of aryl methyl sites for hydroxylation is 1. The second-order valence-electron chi connectivity index (χ2n) is 3.83. The summed E-state index contributed by atoms with van der Waals surface area (Å²) in [6, 6.07) is 7.87. The van der Waals surface area contributed by atoms with Crippen molar-refractivity contribution in [3.63, 3.8) is 0 Å². The van der Waals surface area contributed by atoms with E-state index in [0.29, 0.717) is 13.2 Å². The van der Waals surface area contributed by atoms with Crippen LogP contribution < -0.4 is 10.5 Å². The SMILES string of the molecule is Cn1ccnc1SCCOc1ccccc1CN. The molecule has 0 aliphatic carbocycles. The first kappa shape index (κ1) is 13.0. The molecule has 96 valence electrons. The van der Waals surface area contributed by atoms with E-state index in [0.717, 1.165) is 22.2 Å². The number of nitrogens with two attached hydrogens (primary N) is 1. The quantitative estimate of drug-likeness (QED) is 0.640. The molecule has 0 atom stereocenters. The number of nitrogens with zero attached hydrogens (tertiary/aromatic N) is 2. The Kier molecular flexibility index (Phi) is 4.66. The third kappa shape index (κ3) is 3.27. The van der Waals surface area contributed by atoms with E-state index in [2.05, 4.69) is 4.98 Å². The normalized spacial score (nSPS) is 10.6. The Balaban J connectivity index is 1.80. The van der Waals surface area contributed by atoms with Gasteiger partial charge in [-0.1, -0.05) is 30.0 Å². The molecule has 0 aliphatic heterocycles. The highest BCUT2D eigenvalue weighted by molar-refractivity contribution is 7.99.